The van der Waals surface area contributed by atoms with Crippen molar-refractivity contribution in [2.75, 3.05) is 25.2 Å². The molecule has 1 amide bonds. The van der Waals surface area contributed by atoms with Gasteiger partial charge in [-0.1, -0.05) is 54.6 Å². The first-order chi connectivity index (χ1) is 19.3. The fourth-order valence-corrected chi connectivity index (χ4v) is 5.56. The van der Waals surface area contributed by atoms with Crippen LogP contribution in [0.2, 0.25) is 0 Å². The van der Waals surface area contributed by atoms with Crippen molar-refractivity contribution in [2.45, 2.75) is 50.7 Å². The first kappa shape index (κ1) is 29.9. The molecule has 0 aliphatic carbocycles. The van der Waals surface area contributed by atoms with Crippen molar-refractivity contribution in [3.8, 4) is 0 Å². The van der Waals surface area contributed by atoms with Gasteiger partial charge in [0.15, 0.2) is 5.60 Å². The van der Waals surface area contributed by atoms with Gasteiger partial charge in [0.1, 0.15) is 0 Å². The van der Waals surface area contributed by atoms with Gasteiger partial charge in [0, 0.05) is 40.8 Å². The Hall–Kier alpha value is -3.09. The minimum absolute atomic E-state index is 0.0601. The summed E-state index contributed by atoms with van der Waals surface area (Å²) in [7, 11) is 1.36. The molecule has 4 rings (SSSR count). The second-order valence-electron chi connectivity index (χ2n) is 9.98. The number of benzene rings is 2. The molecule has 212 valence electrons. The number of fused-ring (bicyclic) bond motifs is 1. The van der Waals surface area contributed by atoms with Crippen LogP contribution in [0.4, 0.5) is 5.69 Å². The van der Waals surface area contributed by atoms with Crippen molar-refractivity contribution >= 4 is 40.2 Å². The Bertz CT molecular complexity index is 1340. The number of halogens is 1. The lowest BCUT2D eigenvalue weighted by Crippen LogP contribution is -2.44. The number of unbranched alkanes of at least 4 members (excludes halogenated alkanes) is 1. The molecule has 9 nitrogen and oxygen atoms in total. The molecule has 1 aliphatic heterocycles. The molecule has 3 aromatic rings. The lowest BCUT2D eigenvalue weighted by Gasteiger charge is -2.27. The van der Waals surface area contributed by atoms with E-state index in [1.54, 1.807) is 9.58 Å². The Morgan fingerprint density at radius 3 is 2.67 bits per heavy atom. The molecule has 1 unspecified atom stereocenters. The van der Waals surface area contributed by atoms with Gasteiger partial charge in [-0.2, -0.15) is 0 Å². The number of anilines is 1. The number of aliphatic hydroxyl groups is 2. The highest BCUT2D eigenvalue weighted by Gasteiger charge is 2.52. The zero-order valence-corrected chi connectivity index (χ0v) is 24.9. The van der Waals surface area contributed by atoms with E-state index in [-0.39, 0.29) is 24.4 Å². The van der Waals surface area contributed by atoms with E-state index in [0.717, 1.165) is 9.13 Å². The maximum absolute atomic E-state index is 13.6. The average Bonchev–Trinajstić information content (AvgIpc) is 3.51. The maximum atomic E-state index is 13.6. The summed E-state index contributed by atoms with van der Waals surface area (Å²) in [5, 5.41) is 30.2. The van der Waals surface area contributed by atoms with E-state index >= 15 is 0 Å². The maximum Gasteiger partial charge on any atom is 0.305 e. The minimum Gasteiger partial charge on any atom is -0.469 e. The Morgan fingerprint density at radius 1 is 1.18 bits per heavy atom. The van der Waals surface area contributed by atoms with Crippen LogP contribution in [0.5, 0.6) is 0 Å². The zero-order chi connectivity index (χ0) is 28.7. The Balaban J connectivity index is 1.40. The molecule has 0 bridgehead atoms. The fraction of sp³-hybridized carbons (Fsp3) is 0.400. The molecule has 0 saturated heterocycles. The van der Waals surface area contributed by atoms with E-state index < -0.39 is 11.5 Å². The van der Waals surface area contributed by atoms with E-state index in [1.807, 2.05) is 73.8 Å². The normalized spacial score (nSPS) is 18.2. The van der Waals surface area contributed by atoms with Crippen molar-refractivity contribution in [1.82, 2.24) is 15.0 Å². The fourth-order valence-electron chi connectivity index (χ4n) is 5.07. The highest BCUT2D eigenvalue weighted by molar-refractivity contribution is 14.1. The summed E-state index contributed by atoms with van der Waals surface area (Å²) in [5.41, 5.74) is 1.31. The van der Waals surface area contributed by atoms with Gasteiger partial charge in [-0.15, -0.1) is 5.10 Å². The molecule has 0 saturated carbocycles. The van der Waals surface area contributed by atoms with E-state index in [4.69, 9.17) is 4.74 Å². The molecule has 0 fully saturated rings. The van der Waals surface area contributed by atoms with Crippen molar-refractivity contribution in [2.24, 2.45) is 5.92 Å². The molecule has 2 N–H and O–H groups in total. The van der Waals surface area contributed by atoms with Crippen LogP contribution in [-0.2, 0) is 26.5 Å². The number of hydrogen-bond donors (Lipinski definition) is 2. The summed E-state index contributed by atoms with van der Waals surface area (Å²) in [5.74, 6) is -1.33. The van der Waals surface area contributed by atoms with Crippen molar-refractivity contribution in [1.29, 1.82) is 0 Å². The summed E-state index contributed by atoms with van der Waals surface area (Å²) in [6.07, 6.45) is 7.80. The number of aliphatic hydroxyl groups excluding tert-OH is 1. The van der Waals surface area contributed by atoms with Crippen LogP contribution in [0, 0.1) is 9.49 Å². The van der Waals surface area contributed by atoms with E-state index in [0.29, 0.717) is 55.7 Å². The van der Waals surface area contributed by atoms with Crippen LogP contribution in [0.15, 0.2) is 66.9 Å². The molecule has 0 radical (unpaired) electrons. The van der Waals surface area contributed by atoms with Crippen molar-refractivity contribution in [3.63, 3.8) is 0 Å². The predicted molar refractivity (Wildman–Crippen MR) is 160 cm³/mol. The van der Waals surface area contributed by atoms with Gasteiger partial charge in [0.25, 0.3) is 5.91 Å². The molecule has 2 aromatic carbocycles. The van der Waals surface area contributed by atoms with Crippen molar-refractivity contribution < 1.29 is 24.5 Å². The molecular formula is C30H35IN4O5. The Kier molecular flexibility index (Phi) is 10.1. The first-order valence-electron chi connectivity index (χ1n) is 13.4. The number of aromatic nitrogens is 3. The first-order valence-corrected chi connectivity index (χ1v) is 14.5. The topological polar surface area (TPSA) is 118 Å². The number of carbonyl (C=O) groups is 2. The second kappa shape index (κ2) is 13.5. The number of aryl methyl sites for hydroxylation is 1. The molecule has 3 atom stereocenters. The smallest absolute Gasteiger partial charge is 0.305 e. The molecular weight excluding hydrogens is 623 g/mol. The van der Waals surface area contributed by atoms with Gasteiger partial charge < -0.3 is 19.8 Å². The van der Waals surface area contributed by atoms with E-state index in [2.05, 4.69) is 32.9 Å². The molecule has 2 heterocycles. The third-order valence-corrected chi connectivity index (χ3v) is 8.05. The van der Waals surface area contributed by atoms with Gasteiger partial charge in [-0.25, -0.2) is 0 Å². The SMILES string of the molecule is COC(=O)CCCCN1C(=O)[C@@](O)([C@@H](C)/C=C/CCn2cc(C(CO)c3ccccc3)nn2)c2cc(I)ccc21. The molecule has 1 aliphatic rings. The molecule has 40 heavy (non-hydrogen) atoms. The molecule has 1 aromatic heterocycles. The number of nitrogens with zero attached hydrogens (tertiary/aromatic N) is 4. The highest BCUT2D eigenvalue weighted by atomic mass is 127. The van der Waals surface area contributed by atoms with Crippen LogP contribution in [-0.4, -0.2) is 57.3 Å². The molecule has 0 spiro atoms. The summed E-state index contributed by atoms with van der Waals surface area (Å²) in [6.45, 7) is 2.76. The third kappa shape index (κ3) is 6.45. The van der Waals surface area contributed by atoms with E-state index in [1.165, 1.54) is 7.11 Å². The van der Waals surface area contributed by atoms with Gasteiger partial charge >= 0.3 is 5.97 Å². The van der Waals surface area contributed by atoms with Crippen molar-refractivity contribution in [3.05, 3.63) is 87.3 Å². The number of carbonyl (C=O) groups excluding carboxylic acids is 2. The number of amides is 1. The summed E-state index contributed by atoms with van der Waals surface area (Å²) >= 11 is 2.19. The summed E-state index contributed by atoms with van der Waals surface area (Å²) in [6, 6.07) is 15.4. The minimum atomic E-state index is -1.68. The van der Waals surface area contributed by atoms with Crippen LogP contribution in [0.3, 0.4) is 0 Å². The van der Waals surface area contributed by atoms with Crippen LogP contribution in [0.25, 0.3) is 0 Å². The second-order valence-corrected chi connectivity index (χ2v) is 11.2. The Labute approximate surface area is 248 Å². The number of hydrogen-bond acceptors (Lipinski definition) is 7. The number of ether oxygens (including phenoxy) is 1. The number of rotatable bonds is 13. The largest absolute Gasteiger partial charge is 0.469 e. The van der Waals surface area contributed by atoms with Gasteiger partial charge in [-0.05, 0) is 65.6 Å². The number of allylic oxidation sites excluding steroid dienone is 1. The lowest BCUT2D eigenvalue weighted by atomic mass is 9.83. The highest BCUT2D eigenvalue weighted by Crippen LogP contribution is 2.45. The Morgan fingerprint density at radius 2 is 1.95 bits per heavy atom. The summed E-state index contributed by atoms with van der Waals surface area (Å²) < 4.78 is 7.37. The number of esters is 1. The molecule has 10 heteroatoms. The summed E-state index contributed by atoms with van der Waals surface area (Å²) in [4.78, 5) is 26.7. The van der Waals surface area contributed by atoms with Gasteiger partial charge in [-0.3, -0.25) is 14.3 Å². The van der Waals surface area contributed by atoms with Crippen LogP contribution < -0.4 is 4.90 Å². The average molecular weight is 659 g/mol. The van der Waals surface area contributed by atoms with Crippen LogP contribution in [0.1, 0.15) is 55.3 Å². The third-order valence-electron chi connectivity index (χ3n) is 7.38. The van der Waals surface area contributed by atoms with Gasteiger partial charge in [0.05, 0.1) is 31.0 Å². The predicted octanol–water partition coefficient (Wildman–Crippen LogP) is 4.17. The quantitative estimate of drug-likeness (QED) is 0.123. The standard InChI is InChI=1S/C30H35IN4O5/c1-21(10-6-8-16-34-19-26(32-33-34)24(20-36)22-11-4-3-5-12-22)30(39)25-18-23(31)14-15-27(25)35(29(30)38)17-9-7-13-28(37)40-2/h3-6,10-12,14-15,18-19,21,24,36,39H,7-9,13,16-17,20H2,1-2H3/b10-6+/t21-,24?,30+/m0/s1. The lowest BCUT2D eigenvalue weighted by molar-refractivity contribution is -0.140. The monoisotopic (exact) mass is 658 g/mol. The zero-order valence-electron chi connectivity index (χ0n) is 22.7. The number of methoxy groups -OCH3 is 1. The van der Waals surface area contributed by atoms with Gasteiger partial charge in [0.2, 0.25) is 0 Å². The van der Waals surface area contributed by atoms with E-state index in [9.17, 15) is 19.8 Å². The van der Waals surface area contributed by atoms with Crippen LogP contribution >= 0.6 is 22.6 Å².